The van der Waals surface area contributed by atoms with E-state index >= 15 is 0 Å². The molecule has 3 atom stereocenters. The first-order chi connectivity index (χ1) is 15.0. The lowest BCUT2D eigenvalue weighted by atomic mass is 10.0. The lowest BCUT2D eigenvalue weighted by Crippen LogP contribution is -2.45. The Morgan fingerprint density at radius 2 is 1.35 bits per heavy atom. The molecular weight excluding hydrogens is 390 g/mol. The number of nitrogens with one attached hydrogen (secondary N) is 1. The third-order valence-electron chi connectivity index (χ3n) is 5.86. The molecule has 5 nitrogen and oxygen atoms in total. The highest BCUT2D eigenvalue weighted by Crippen LogP contribution is 2.12. The number of hydrogen-bond donors (Lipinski definition) is 4. The monoisotopic (exact) mass is 441 g/mol. The van der Waals surface area contributed by atoms with Gasteiger partial charge in [0.2, 0.25) is 5.91 Å². The summed E-state index contributed by atoms with van der Waals surface area (Å²) in [5, 5.41) is 32.2. The van der Waals surface area contributed by atoms with Gasteiger partial charge in [0, 0.05) is 6.42 Å². The van der Waals surface area contributed by atoms with Crippen LogP contribution in [0.15, 0.2) is 12.2 Å². The van der Waals surface area contributed by atoms with Crippen LogP contribution in [0.4, 0.5) is 0 Å². The lowest BCUT2D eigenvalue weighted by molar-refractivity contribution is -0.123. The second kappa shape index (κ2) is 22.3. The summed E-state index contributed by atoms with van der Waals surface area (Å²) in [4.78, 5) is 12.0. The van der Waals surface area contributed by atoms with Gasteiger partial charge >= 0.3 is 0 Å². The first-order valence-electron chi connectivity index (χ1n) is 13.0. The highest BCUT2D eigenvalue weighted by molar-refractivity contribution is 5.76. The molecule has 0 aromatic rings. The molecule has 0 aliphatic heterocycles. The Hall–Kier alpha value is -0.910. The predicted octanol–water partition coefficient (Wildman–Crippen LogP) is 5.41. The van der Waals surface area contributed by atoms with Gasteiger partial charge in [0.25, 0.3) is 0 Å². The van der Waals surface area contributed by atoms with Crippen molar-refractivity contribution >= 4 is 5.91 Å². The Morgan fingerprint density at radius 3 is 1.90 bits per heavy atom. The number of rotatable bonds is 22. The van der Waals surface area contributed by atoms with Crippen LogP contribution in [0.25, 0.3) is 0 Å². The van der Waals surface area contributed by atoms with Crippen molar-refractivity contribution in [1.82, 2.24) is 5.32 Å². The lowest BCUT2D eigenvalue weighted by Gasteiger charge is -2.20. The van der Waals surface area contributed by atoms with Gasteiger partial charge in [-0.2, -0.15) is 0 Å². The Morgan fingerprint density at radius 1 is 0.806 bits per heavy atom. The summed E-state index contributed by atoms with van der Waals surface area (Å²) < 4.78 is 0. The van der Waals surface area contributed by atoms with Crippen LogP contribution in [-0.2, 0) is 4.79 Å². The van der Waals surface area contributed by atoms with Gasteiger partial charge < -0.3 is 20.6 Å². The molecule has 3 unspecified atom stereocenters. The van der Waals surface area contributed by atoms with Gasteiger partial charge in [0.05, 0.1) is 24.9 Å². The Bertz CT molecular complexity index is 428. The van der Waals surface area contributed by atoms with Gasteiger partial charge in [-0.3, -0.25) is 4.79 Å². The Kier molecular flexibility index (Phi) is 21.6. The summed E-state index contributed by atoms with van der Waals surface area (Å²) in [6.45, 7) is 4.01. The smallest absolute Gasteiger partial charge is 0.220 e. The molecule has 0 heterocycles. The van der Waals surface area contributed by atoms with Crippen LogP contribution in [0.5, 0.6) is 0 Å². The molecule has 5 heteroatoms. The van der Waals surface area contributed by atoms with E-state index in [1.165, 1.54) is 64.2 Å². The van der Waals surface area contributed by atoms with Crippen LogP contribution in [0, 0.1) is 0 Å². The number of unbranched alkanes of at least 4 members (excludes halogenated alkanes) is 12. The molecule has 0 aliphatic carbocycles. The van der Waals surface area contributed by atoms with Crippen molar-refractivity contribution in [2.75, 3.05) is 6.61 Å². The van der Waals surface area contributed by atoms with Crippen molar-refractivity contribution in [3.63, 3.8) is 0 Å². The fourth-order valence-electron chi connectivity index (χ4n) is 3.70. The highest BCUT2D eigenvalue weighted by atomic mass is 16.3. The van der Waals surface area contributed by atoms with E-state index in [4.69, 9.17) is 0 Å². The molecule has 31 heavy (non-hydrogen) atoms. The molecule has 1 amide bonds. The maximum atomic E-state index is 12.0. The summed E-state index contributed by atoms with van der Waals surface area (Å²) in [5.74, 6) is -0.243. The number of carbonyl (C=O) groups excluding carboxylic acids is 1. The molecular formula is C26H51NO4. The number of aliphatic hydroxyl groups is 3. The first kappa shape index (κ1) is 30.1. The fourth-order valence-corrected chi connectivity index (χ4v) is 3.70. The van der Waals surface area contributed by atoms with Crippen LogP contribution in [0.3, 0.4) is 0 Å². The predicted molar refractivity (Wildman–Crippen MR) is 130 cm³/mol. The number of aliphatic hydroxyl groups excluding tert-OH is 3. The van der Waals surface area contributed by atoms with E-state index in [1.807, 2.05) is 6.08 Å². The second-order valence-electron chi connectivity index (χ2n) is 8.93. The van der Waals surface area contributed by atoms with Crippen molar-refractivity contribution in [3.05, 3.63) is 12.2 Å². The topological polar surface area (TPSA) is 89.8 Å². The maximum absolute atomic E-state index is 12.0. The Labute approximate surface area is 191 Å². The minimum absolute atomic E-state index is 0.205. The molecule has 0 spiro atoms. The van der Waals surface area contributed by atoms with Gasteiger partial charge in [-0.1, -0.05) is 103 Å². The van der Waals surface area contributed by atoms with Crippen molar-refractivity contribution in [2.45, 2.75) is 141 Å². The van der Waals surface area contributed by atoms with E-state index in [0.29, 0.717) is 12.8 Å². The molecule has 184 valence electrons. The molecule has 0 bridgehead atoms. The maximum Gasteiger partial charge on any atom is 0.220 e. The zero-order chi connectivity index (χ0) is 23.2. The standard InChI is InChI=1S/C26H51NO4/c1-3-5-7-8-9-10-11-12-13-14-15-16-17-19-25(30)24(22-28)27-26(31)21-20-23(29)18-6-4-2/h17,19,23-25,28-30H,3-16,18,20-22H2,1-2H3,(H,27,31)/b19-17+. The molecule has 0 aromatic heterocycles. The van der Waals surface area contributed by atoms with Crippen LogP contribution in [0.1, 0.15) is 123 Å². The summed E-state index contributed by atoms with van der Waals surface area (Å²) in [7, 11) is 0. The van der Waals surface area contributed by atoms with E-state index in [1.54, 1.807) is 6.08 Å². The van der Waals surface area contributed by atoms with E-state index < -0.39 is 18.2 Å². The average molecular weight is 442 g/mol. The summed E-state index contributed by atoms with van der Waals surface area (Å²) in [5.41, 5.74) is 0. The average Bonchev–Trinajstić information content (AvgIpc) is 2.77. The normalized spacial score (nSPS) is 14.6. The van der Waals surface area contributed by atoms with Gasteiger partial charge in [0.1, 0.15) is 0 Å². The van der Waals surface area contributed by atoms with Gasteiger partial charge in [-0.05, 0) is 25.7 Å². The molecule has 0 aromatic carbocycles. The number of hydrogen-bond acceptors (Lipinski definition) is 4. The SMILES string of the molecule is CCCCCCCCCCCCC/C=C/C(O)C(CO)NC(=O)CCC(O)CCCC. The molecule has 0 aliphatic rings. The minimum Gasteiger partial charge on any atom is -0.394 e. The molecule has 4 N–H and O–H groups in total. The van der Waals surface area contributed by atoms with E-state index in [9.17, 15) is 20.1 Å². The minimum atomic E-state index is -0.897. The Balaban J connectivity index is 3.78. The zero-order valence-corrected chi connectivity index (χ0v) is 20.4. The third-order valence-corrected chi connectivity index (χ3v) is 5.86. The largest absolute Gasteiger partial charge is 0.394 e. The zero-order valence-electron chi connectivity index (χ0n) is 20.4. The van der Waals surface area contributed by atoms with Crippen LogP contribution in [-0.4, -0.2) is 46.1 Å². The van der Waals surface area contributed by atoms with E-state index in [0.717, 1.165) is 25.7 Å². The van der Waals surface area contributed by atoms with Crippen LogP contribution >= 0.6 is 0 Å². The van der Waals surface area contributed by atoms with Crippen molar-refractivity contribution in [2.24, 2.45) is 0 Å². The summed E-state index contributed by atoms with van der Waals surface area (Å²) in [6, 6.07) is -0.700. The van der Waals surface area contributed by atoms with Crippen molar-refractivity contribution < 1.29 is 20.1 Å². The molecule has 0 radical (unpaired) electrons. The summed E-state index contributed by atoms with van der Waals surface area (Å²) >= 11 is 0. The molecule has 0 saturated heterocycles. The number of carbonyl (C=O) groups is 1. The third kappa shape index (κ3) is 19.5. The van der Waals surface area contributed by atoms with Gasteiger partial charge in [-0.25, -0.2) is 0 Å². The number of amides is 1. The van der Waals surface area contributed by atoms with Gasteiger partial charge in [-0.15, -0.1) is 0 Å². The van der Waals surface area contributed by atoms with Gasteiger partial charge in [0.15, 0.2) is 0 Å². The molecule has 0 rings (SSSR count). The second-order valence-corrected chi connectivity index (χ2v) is 8.93. The summed E-state index contributed by atoms with van der Waals surface area (Å²) in [6.07, 6.45) is 20.9. The molecule has 0 fully saturated rings. The van der Waals surface area contributed by atoms with Crippen molar-refractivity contribution in [3.8, 4) is 0 Å². The molecule has 0 saturated carbocycles. The van der Waals surface area contributed by atoms with E-state index in [2.05, 4.69) is 19.2 Å². The van der Waals surface area contributed by atoms with Crippen LogP contribution < -0.4 is 5.32 Å². The highest BCUT2D eigenvalue weighted by Gasteiger charge is 2.18. The van der Waals surface area contributed by atoms with Crippen LogP contribution in [0.2, 0.25) is 0 Å². The quantitative estimate of drug-likeness (QED) is 0.133. The number of allylic oxidation sites excluding steroid dienone is 1. The van der Waals surface area contributed by atoms with Crippen molar-refractivity contribution in [1.29, 1.82) is 0 Å². The first-order valence-corrected chi connectivity index (χ1v) is 13.0. The van der Waals surface area contributed by atoms with E-state index in [-0.39, 0.29) is 18.9 Å². The fraction of sp³-hybridized carbons (Fsp3) is 0.885.